The van der Waals surface area contributed by atoms with Gasteiger partial charge in [-0.2, -0.15) is 0 Å². The van der Waals surface area contributed by atoms with Gasteiger partial charge in [-0.25, -0.2) is 0 Å². The second-order valence-electron chi connectivity index (χ2n) is 12.3. The molecule has 1 aromatic rings. The van der Waals surface area contributed by atoms with Gasteiger partial charge in [0.1, 0.15) is 0 Å². The second-order valence-corrected chi connectivity index (χ2v) is 12.3. The Kier molecular flexibility index (Phi) is 15.0. The van der Waals surface area contributed by atoms with E-state index in [0.717, 1.165) is 57.4 Å². The Labute approximate surface area is 256 Å². The molecular weight excluding hydrogens is 544 g/mol. The Morgan fingerprint density at radius 3 is 1.42 bits per heavy atom. The minimum Gasteiger partial charge on any atom is -0.504 e. The fourth-order valence-corrected chi connectivity index (χ4v) is 6.00. The van der Waals surface area contributed by atoms with Crippen LogP contribution in [0.5, 0.6) is 17.2 Å². The molecule has 0 fully saturated rings. The Bertz CT molecular complexity index is 1340. The first-order valence-corrected chi connectivity index (χ1v) is 17.1. The standard InChI is InChI=1S/C36H54O7/c1-3-5-7-9-11-13-14-16-17-19-21-23-26-31(39)33(41)36-35(32(26)40)43-34-27(30(38)28(37)25-29(34)42-36)24-22-20-18-15-12-10-8-6-4-2/h25,39-41H,3-24H2,1-2H3. The SMILES string of the molecule is CCCCCCCCCCCCCc1c(O)c(O)c2oc3cc(=O)c(=O)c(CCCCCCCCCCC)c-3oc2c1O. The zero-order chi connectivity index (χ0) is 31.0. The van der Waals surface area contributed by atoms with Gasteiger partial charge < -0.3 is 24.2 Å². The highest BCUT2D eigenvalue weighted by molar-refractivity contribution is 5.89. The molecule has 0 saturated heterocycles. The van der Waals surface area contributed by atoms with Gasteiger partial charge in [-0.3, -0.25) is 9.59 Å². The first kappa shape index (κ1) is 34.5. The van der Waals surface area contributed by atoms with Crippen molar-refractivity contribution in [1.29, 1.82) is 0 Å². The van der Waals surface area contributed by atoms with E-state index < -0.39 is 22.4 Å². The minimum atomic E-state index is -0.710. The molecule has 0 radical (unpaired) electrons. The first-order valence-electron chi connectivity index (χ1n) is 17.1. The van der Waals surface area contributed by atoms with Crippen LogP contribution in [0.25, 0.3) is 22.7 Å². The Hall–Kier alpha value is -2.96. The van der Waals surface area contributed by atoms with Crippen LogP contribution in [0.3, 0.4) is 0 Å². The van der Waals surface area contributed by atoms with Crippen molar-refractivity contribution in [1.82, 2.24) is 0 Å². The molecular formula is C36H54O7. The van der Waals surface area contributed by atoms with Crippen LogP contribution >= 0.6 is 0 Å². The summed E-state index contributed by atoms with van der Waals surface area (Å²) in [5, 5.41) is 32.5. The molecule has 1 aliphatic carbocycles. The number of hydrogen-bond donors (Lipinski definition) is 3. The molecule has 0 aromatic heterocycles. The van der Waals surface area contributed by atoms with Gasteiger partial charge in [0.15, 0.2) is 23.0 Å². The summed E-state index contributed by atoms with van der Waals surface area (Å²) in [4.78, 5) is 25.3. The minimum absolute atomic E-state index is 0.00948. The van der Waals surface area contributed by atoms with Crippen molar-refractivity contribution in [3.05, 3.63) is 37.6 Å². The quantitative estimate of drug-likeness (QED) is 0.0346. The number of unbranched alkanes of at least 4 members (excludes halogenated alkanes) is 18. The molecule has 0 unspecified atom stereocenters. The van der Waals surface area contributed by atoms with Crippen molar-refractivity contribution in [3.63, 3.8) is 0 Å². The van der Waals surface area contributed by atoms with Crippen molar-refractivity contribution in [2.45, 2.75) is 155 Å². The molecule has 7 nitrogen and oxygen atoms in total. The lowest BCUT2D eigenvalue weighted by Crippen LogP contribution is -2.28. The Morgan fingerprint density at radius 2 is 0.930 bits per heavy atom. The molecule has 1 heterocycles. The highest BCUT2D eigenvalue weighted by Gasteiger charge is 2.27. The first-order chi connectivity index (χ1) is 20.9. The molecule has 2 aliphatic rings. The van der Waals surface area contributed by atoms with Crippen LogP contribution in [-0.4, -0.2) is 15.3 Å². The van der Waals surface area contributed by atoms with Crippen LogP contribution in [0.4, 0.5) is 0 Å². The highest BCUT2D eigenvalue weighted by atomic mass is 16.4. The van der Waals surface area contributed by atoms with E-state index >= 15 is 0 Å². The average Bonchev–Trinajstić information content (AvgIpc) is 3.00. The molecule has 1 aliphatic heterocycles. The van der Waals surface area contributed by atoms with E-state index in [4.69, 9.17) is 8.83 Å². The summed E-state index contributed by atoms with van der Waals surface area (Å²) >= 11 is 0. The molecule has 0 amide bonds. The summed E-state index contributed by atoms with van der Waals surface area (Å²) in [7, 11) is 0. The van der Waals surface area contributed by atoms with Crippen LogP contribution in [-0.2, 0) is 12.8 Å². The maximum atomic E-state index is 12.8. The fourth-order valence-electron chi connectivity index (χ4n) is 6.00. The zero-order valence-corrected chi connectivity index (χ0v) is 26.6. The summed E-state index contributed by atoms with van der Waals surface area (Å²) in [6.07, 6.45) is 23.8. The lowest BCUT2D eigenvalue weighted by atomic mass is 10.00. The van der Waals surface area contributed by atoms with E-state index in [2.05, 4.69) is 13.8 Å². The Morgan fingerprint density at radius 1 is 0.512 bits per heavy atom. The lowest BCUT2D eigenvalue weighted by Gasteiger charge is -2.15. The topological polar surface area (TPSA) is 121 Å². The third kappa shape index (κ3) is 10.0. The molecule has 0 saturated carbocycles. The number of phenols is 3. The van der Waals surface area contributed by atoms with E-state index in [9.17, 15) is 24.9 Å². The molecule has 240 valence electrons. The smallest absolute Gasteiger partial charge is 0.232 e. The third-order valence-corrected chi connectivity index (χ3v) is 8.67. The van der Waals surface area contributed by atoms with Gasteiger partial charge in [-0.05, 0) is 25.7 Å². The number of hydrogen-bond acceptors (Lipinski definition) is 7. The monoisotopic (exact) mass is 598 g/mol. The molecule has 0 atom stereocenters. The fraction of sp³-hybridized carbons (Fsp3) is 0.667. The van der Waals surface area contributed by atoms with Gasteiger partial charge in [-0.1, -0.05) is 129 Å². The van der Waals surface area contributed by atoms with Gasteiger partial charge in [-0.15, -0.1) is 0 Å². The van der Waals surface area contributed by atoms with Gasteiger partial charge in [0.25, 0.3) is 0 Å². The molecule has 3 rings (SSSR count). The summed E-state index contributed by atoms with van der Waals surface area (Å²) in [5.74, 6) is -1.19. The molecule has 43 heavy (non-hydrogen) atoms. The number of benzene rings is 2. The number of aromatic hydroxyl groups is 3. The van der Waals surface area contributed by atoms with Gasteiger partial charge in [0, 0.05) is 11.6 Å². The van der Waals surface area contributed by atoms with Gasteiger partial charge in [0.2, 0.25) is 27.8 Å². The van der Waals surface area contributed by atoms with Crippen LogP contribution in [0, 0.1) is 0 Å². The van der Waals surface area contributed by atoms with E-state index in [1.165, 1.54) is 77.0 Å². The largest absolute Gasteiger partial charge is 0.504 e. The third-order valence-electron chi connectivity index (χ3n) is 8.67. The van der Waals surface area contributed by atoms with Crippen LogP contribution in [0.15, 0.2) is 24.5 Å². The van der Waals surface area contributed by atoms with Gasteiger partial charge in [0.05, 0.1) is 5.56 Å². The van der Waals surface area contributed by atoms with E-state index in [0.29, 0.717) is 12.8 Å². The average molecular weight is 599 g/mol. The summed E-state index contributed by atoms with van der Waals surface area (Å²) in [5.41, 5.74) is -1.30. The maximum Gasteiger partial charge on any atom is 0.232 e. The van der Waals surface area contributed by atoms with Crippen LogP contribution < -0.4 is 10.9 Å². The molecule has 3 N–H and O–H groups in total. The van der Waals surface area contributed by atoms with Crippen LogP contribution in [0.1, 0.15) is 153 Å². The van der Waals surface area contributed by atoms with E-state index in [-0.39, 0.29) is 39.6 Å². The number of phenolic OH excluding ortho intramolecular Hbond substituents is 3. The predicted molar refractivity (Wildman–Crippen MR) is 174 cm³/mol. The van der Waals surface area contributed by atoms with Crippen molar-refractivity contribution >= 4 is 11.2 Å². The lowest BCUT2D eigenvalue weighted by molar-refractivity contribution is 0.377. The molecule has 0 spiro atoms. The van der Waals surface area contributed by atoms with Crippen molar-refractivity contribution < 1.29 is 24.2 Å². The van der Waals surface area contributed by atoms with Gasteiger partial charge >= 0.3 is 0 Å². The molecule has 7 heteroatoms. The Balaban J connectivity index is 1.65. The van der Waals surface area contributed by atoms with Crippen molar-refractivity contribution in [2.24, 2.45) is 0 Å². The molecule has 0 bridgehead atoms. The highest BCUT2D eigenvalue weighted by Crippen LogP contribution is 2.47. The van der Waals surface area contributed by atoms with E-state index in [1.54, 1.807) is 0 Å². The number of rotatable bonds is 22. The second kappa shape index (κ2) is 18.6. The maximum absolute atomic E-state index is 12.8. The molecule has 1 aromatic carbocycles. The normalized spacial score (nSPS) is 11.7. The zero-order valence-electron chi connectivity index (χ0n) is 26.6. The summed E-state index contributed by atoms with van der Waals surface area (Å²) in [6, 6.07) is 1.05. The predicted octanol–water partition coefficient (Wildman–Crippen LogP) is 9.89. The van der Waals surface area contributed by atoms with Crippen LogP contribution in [0.2, 0.25) is 0 Å². The summed E-state index contributed by atoms with van der Waals surface area (Å²) < 4.78 is 11.8. The van der Waals surface area contributed by atoms with Crippen molar-refractivity contribution in [2.75, 3.05) is 0 Å². The van der Waals surface area contributed by atoms with Crippen molar-refractivity contribution in [3.8, 4) is 28.8 Å². The summed E-state index contributed by atoms with van der Waals surface area (Å²) in [6.45, 7) is 4.44. The number of fused-ring (bicyclic) bond motifs is 2. The van der Waals surface area contributed by atoms with E-state index in [1.807, 2.05) is 0 Å².